The molecule has 0 unspecified atom stereocenters. The van der Waals surface area contributed by atoms with Gasteiger partial charge >= 0.3 is 12.1 Å². The molecule has 3 rings (SSSR count). The highest BCUT2D eigenvalue weighted by Gasteiger charge is 2.37. The topological polar surface area (TPSA) is 75.1 Å². The Morgan fingerprint density at radius 2 is 1.73 bits per heavy atom. The molecule has 1 heterocycles. The number of alkyl halides is 3. The van der Waals surface area contributed by atoms with E-state index in [1.807, 2.05) is 0 Å². The number of carbonyl (C=O) groups is 1. The van der Waals surface area contributed by atoms with Crippen molar-refractivity contribution in [3.63, 3.8) is 0 Å². The second-order valence-corrected chi connectivity index (χ2v) is 6.66. The van der Waals surface area contributed by atoms with Crippen LogP contribution in [-0.4, -0.2) is 21.0 Å². The van der Waals surface area contributed by atoms with E-state index in [1.54, 1.807) is 0 Å². The quantitative estimate of drug-likeness (QED) is 0.467. The number of allylic oxidation sites excluding steroid dienone is 1. The largest absolute Gasteiger partial charge is 0.478 e. The molecule has 9 heteroatoms. The molecular formula is C21H15ClF3N3O2. The standard InChI is InChI=1S/C21H15ClF3N3O2/c1-2-3-16-17(21(23,24)25)27-18(12-4-8-14(22)9-5-12)28-19(16)26-15-10-6-13(7-11-15)20(29)30/h2,4-11H,1,3H2,(H,29,30)(H,26,27,28). The summed E-state index contributed by atoms with van der Waals surface area (Å²) in [6.07, 6.45) is -3.51. The lowest BCUT2D eigenvalue weighted by Crippen LogP contribution is -2.16. The van der Waals surface area contributed by atoms with Crippen molar-refractivity contribution in [1.29, 1.82) is 0 Å². The number of anilines is 2. The Morgan fingerprint density at radius 1 is 1.10 bits per heavy atom. The average molecular weight is 434 g/mol. The second kappa shape index (κ2) is 8.54. The fourth-order valence-electron chi connectivity index (χ4n) is 2.72. The van der Waals surface area contributed by atoms with E-state index in [0.717, 1.165) is 0 Å². The highest BCUT2D eigenvalue weighted by atomic mass is 35.5. The van der Waals surface area contributed by atoms with Crippen molar-refractivity contribution in [3.8, 4) is 11.4 Å². The van der Waals surface area contributed by atoms with E-state index in [4.69, 9.17) is 16.7 Å². The average Bonchev–Trinajstić information content (AvgIpc) is 2.69. The number of hydrogen-bond acceptors (Lipinski definition) is 4. The lowest BCUT2D eigenvalue weighted by molar-refractivity contribution is -0.141. The first-order chi connectivity index (χ1) is 14.2. The predicted molar refractivity (Wildman–Crippen MR) is 108 cm³/mol. The predicted octanol–water partition coefficient (Wildman–Crippen LogP) is 5.99. The molecule has 0 radical (unpaired) electrons. The first kappa shape index (κ1) is 21.3. The van der Waals surface area contributed by atoms with Crippen LogP contribution in [0.5, 0.6) is 0 Å². The Hall–Kier alpha value is -3.39. The number of rotatable bonds is 6. The zero-order valence-electron chi connectivity index (χ0n) is 15.4. The van der Waals surface area contributed by atoms with Gasteiger partial charge in [0.15, 0.2) is 11.5 Å². The van der Waals surface area contributed by atoms with E-state index in [9.17, 15) is 18.0 Å². The summed E-state index contributed by atoms with van der Waals surface area (Å²) >= 11 is 5.86. The number of aromatic carboxylic acids is 1. The van der Waals surface area contributed by atoms with E-state index >= 15 is 0 Å². The summed E-state index contributed by atoms with van der Waals surface area (Å²) in [6.45, 7) is 3.52. The van der Waals surface area contributed by atoms with E-state index in [0.29, 0.717) is 16.3 Å². The molecule has 0 spiro atoms. The number of aromatic nitrogens is 2. The van der Waals surface area contributed by atoms with Gasteiger partial charge in [-0.1, -0.05) is 17.7 Å². The Morgan fingerprint density at radius 3 is 2.27 bits per heavy atom. The van der Waals surface area contributed by atoms with Crippen LogP contribution in [0.3, 0.4) is 0 Å². The maximum absolute atomic E-state index is 13.8. The molecule has 0 fully saturated rings. The van der Waals surface area contributed by atoms with E-state index < -0.39 is 17.8 Å². The molecule has 0 aliphatic rings. The number of carboxylic acid groups (broad SMARTS) is 1. The number of nitrogens with zero attached hydrogens (tertiary/aromatic N) is 2. The maximum atomic E-state index is 13.8. The molecule has 0 bridgehead atoms. The minimum atomic E-state index is -4.72. The van der Waals surface area contributed by atoms with Crippen molar-refractivity contribution < 1.29 is 23.1 Å². The Labute approximate surface area is 174 Å². The van der Waals surface area contributed by atoms with Gasteiger partial charge in [0.25, 0.3) is 0 Å². The molecule has 30 heavy (non-hydrogen) atoms. The minimum absolute atomic E-state index is 0.0485. The summed E-state index contributed by atoms with van der Waals surface area (Å²) in [5.41, 5.74) is -0.463. The van der Waals surface area contributed by atoms with Crippen LogP contribution in [0.1, 0.15) is 21.6 Å². The lowest BCUT2D eigenvalue weighted by Gasteiger charge is -2.17. The zero-order chi connectivity index (χ0) is 21.9. The van der Waals surface area contributed by atoms with Crippen molar-refractivity contribution >= 4 is 29.1 Å². The molecule has 0 aliphatic heterocycles. The molecule has 0 amide bonds. The summed E-state index contributed by atoms with van der Waals surface area (Å²) in [6, 6.07) is 11.7. The van der Waals surface area contributed by atoms with Gasteiger partial charge in [-0.15, -0.1) is 6.58 Å². The third-order valence-corrected chi connectivity index (χ3v) is 4.37. The van der Waals surface area contributed by atoms with E-state index in [2.05, 4.69) is 21.9 Å². The van der Waals surface area contributed by atoms with Crippen molar-refractivity contribution in [3.05, 3.63) is 83.0 Å². The Kier molecular flexibility index (Phi) is 6.07. The highest BCUT2D eigenvalue weighted by Crippen LogP contribution is 2.36. The molecule has 0 saturated carbocycles. The second-order valence-electron chi connectivity index (χ2n) is 6.23. The molecular weight excluding hydrogens is 419 g/mol. The van der Waals surface area contributed by atoms with Gasteiger partial charge in [0.05, 0.1) is 5.56 Å². The third kappa shape index (κ3) is 4.77. The van der Waals surface area contributed by atoms with Gasteiger partial charge in [0.1, 0.15) is 5.82 Å². The fourth-order valence-corrected chi connectivity index (χ4v) is 2.85. The molecule has 154 valence electrons. The number of hydrogen-bond donors (Lipinski definition) is 2. The fraction of sp³-hybridized carbons (Fsp3) is 0.0952. The highest BCUT2D eigenvalue weighted by molar-refractivity contribution is 6.30. The third-order valence-electron chi connectivity index (χ3n) is 4.12. The van der Waals surface area contributed by atoms with Gasteiger partial charge in [-0.05, 0) is 55.0 Å². The van der Waals surface area contributed by atoms with Crippen LogP contribution in [0.15, 0.2) is 61.2 Å². The van der Waals surface area contributed by atoms with Crippen LogP contribution in [0.25, 0.3) is 11.4 Å². The van der Waals surface area contributed by atoms with Gasteiger partial charge in [0.2, 0.25) is 0 Å². The zero-order valence-corrected chi connectivity index (χ0v) is 16.1. The van der Waals surface area contributed by atoms with Gasteiger partial charge in [-0.25, -0.2) is 14.8 Å². The summed E-state index contributed by atoms with van der Waals surface area (Å²) in [5, 5.41) is 12.3. The summed E-state index contributed by atoms with van der Waals surface area (Å²) in [5.74, 6) is -1.29. The van der Waals surface area contributed by atoms with Crippen molar-refractivity contribution in [2.24, 2.45) is 0 Å². The maximum Gasteiger partial charge on any atom is 0.433 e. The molecule has 0 saturated heterocycles. The summed E-state index contributed by atoms with van der Waals surface area (Å²) < 4.78 is 41.3. The Balaban J connectivity index is 2.14. The van der Waals surface area contributed by atoms with Crippen LogP contribution in [0.4, 0.5) is 24.7 Å². The summed E-state index contributed by atoms with van der Waals surface area (Å²) in [7, 11) is 0. The number of benzene rings is 2. The number of carboxylic acids is 1. The molecule has 3 aromatic rings. The molecule has 1 aromatic heterocycles. The molecule has 5 nitrogen and oxygen atoms in total. The van der Waals surface area contributed by atoms with Gasteiger partial charge < -0.3 is 10.4 Å². The molecule has 2 aromatic carbocycles. The SMILES string of the molecule is C=CCc1c(Nc2ccc(C(=O)O)cc2)nc(-c2ccc(Cl)cc2)nc1C(F)(F)F. The van der Waals surface area contributed by atoms with Gasteiger partial charge in [0, 0.05) is 21.8 Å². The molecule has 0 atom stereocenters. The van der Waals surface area contributed by atoms with Crippen LogP contribution >= 0.6 is 11.6 Å². The first-order valence-electron chi connectivity index (χ1n) is 8.64. The molecule has 2 N–H and O–H groups in total. The lowest BCUT2D eigenvalue weighted by atomic mass is 10.1. The van der Waals surface area contributed by atoms with Crippen LogP contribution in [0.2, 0.25) is 5.02 Å². The van der Waals surface area contributed by atoms with E-state index in [1.165, 1.54) is 54.6 Å². The number of nitrogens with one attached hydrogen (secondary N) is 1. The summed E-state index contributed by atoms with van der Waals surface area (Å²) in [4.78, 5) is 19.1. The van der Waals surface area contributed by atoms with E-state index in [-0.39, 0.29) is 29.2 Å². The van der Waals surface area contributed by atoms with Gasteiger partial charge in [-0.2, -0.15) is 13.2 Å². The minimum Gasteiger partial charge on any atom is -0.478 e. The smallest absolute Gasteiger partial charge is 0.433 e. The normalized spacial score (nSPS) is 11.2. The van der Waals surface area contributed by atoms with Crippen molar-refractivity contribution in [1.82, 2.24) is 9.97 Å². The monoisotopic (exact) mass is 433 g/mol. The van der Waals surface area contributed by atoms with Crippen LogP contribution in [-0.2, 0) is 12.6 Å². The Bertz CT molecular complexity index is 1080. The first-order valence-corrected chi connectivity index (χ1v) is 9.02. The van der Waals surface area contributed by atoms with Crippen LogP contribution in [0, 0.1) is 0 Å². The van der Waals surface area contributed by atoms with Crippen molar-refractivity contribution in [2.75, 3.05) is 5.32 Å². The number of halogens is 4. The van der Waals surface area contributed by atoms with Gasteiger partial charge in [-0.3, -0.25) is 0 Å². The van der Waals surface area contributed by atoms with Crippen LogP contribution < -0.4 is 5.32 Å². The molecule has 0 aliphatic carbocycles. The van der Waals surface area contributed by atoms with Crippen molar-refractivity contribution in [2.45, 2.75) is 12.6 Å².